The van der Waals surface area contributed by atoms with Crippen molar-refractivity contribution in [2.45, 2.75) is 31.5 Å². The third kappa shape index (κ3) is 5.64. The lowest BCUT2D eigenvalue weighted by molar-refractivity contribution is 0.105. The molecule has 0 aromatic heterocycles. The summed E-state index contributed by atoms with van der Waals surface area (Å²) in [5, 5.41) is 23.4. The van der Waals surface area contributed by atoms with Gasteiger partial charge in [0.25, 0.3) is 0 Å². The van der Waals surface area contributed by atoms with E-state index in [9.17, 15) is 10.2 Å². The fourth-order valence-electron chi connectivity index (χ4n) is 2.51. The summed E-state index contributed by atoms with van der Waals surface area (Å²) in [7, 11) is 0. The number of ether oxygens (including phenoxy) is 1. The smallest absolute Gasteiger partial charge is 0.121 e. The van der Waals surface area contributed by atoms with E-state index in [2.05, 4.69) is 5.32 Å². The molecule has 1 aromatic carbocycles. The van der Waals surface area contributed by atoms with E-state index in [0.717, 1.165) is 25.8 Å². The van der Waals surface area contributed by atoms with Crippen LogP contribution in [0.1, 0.15) is 19.3 Å². The Morgan fingerprint density at radius 1 is 1.29 bits per heavy atom. The Morgan fingerprint density at radius 2 is 2.10 bits per heavy atom. The number of aliphatic hydroxyl groups is 2. The average molecular weight is 334 g/mol. The van der Waals surface area contributed by atoms with Crippen molar-refractivity contribution in [3.05, 3.63) is 28.2 Å². The maximum absolute atomic E-state index is 9.86. The van der Waals surface area contributed by atoms with Crippen LogP contribution in [0, 0.1) is 5.92 Å². The molecule has 3 unspecified atom stereocenters. The van der Waals surface area contributed by atoms with E-state index >= 15 is 0 Å². The Morgan fingerprint density at radius 3 is 2.76 bits per heavy atom. The lowest BCUT2D eigenvalue weighted by Gasteiger charge is -2.15. The molecule has 2 rings (SSSR count). The van der Waals surface area contributed by atoms with E-state index in [-0.39, 0.29) is 12.7 Å². The van der Waals surface area contributed by atoms with Crippen molar-refractivity contribution in [1.29, 1.82) is 0 Å². The summed E-state index contributed by atoms with van der Waals surface area (Å²) in [6.07, 6.45) is 2.04. The molecule has 3 N–H and O–H groups in total. The molecule has 0 spiro atoms. The van der Waals surface area contributed by atoms with Gasteiger partial charge in [0, 0.05) is 12.6 Å². The van der Waals surface area contributed by atoms with Crippen LogP contribution in [-0.4, -0.2) is 42.1 Å². The highest BCUT2D eigenvalue weighted by atomic mass is 35.5. The van der Waals surface area contributed by atoms with Gasteiger partial charge in [0.15, 0.2) is 0 Å². The molecule has 6 heteroatoms. The molecule has 1 fully saturated rings. The minimum Gasteiger partial charge on any atom is -0.491 e. The lowest BCUT2D eigenvalue weighted by Crippen LogP contribution is -2.34. The van der Waals surface area contributed by atoms with Crippen molar-refractivity contribution >= 4 is 23.2 Å². The summed E-state index contributed by atoms with van der Waals surface area (Å²) in [5.41, 5.74) is 0. The van der Waals surface area contributed by atoms with Gasteiger partial charge in [0.2, 0.25) is 0 Å². The van der Waals surface area contributed by atoms with Crippen molar-refractivity contribution in [2.24, 2.45) is 5.92 Å². The van der Waals surface area contributed by atoms with Gasteiger partial charge in [-0.15, -0.1) is 0 Å². The number of hydrogen-bond donors (Lipinski definition) is 3. The van der Waals surface area contributed by atoms with Gasteiger partial charge in [0.1, 0.15) is 18.5 Å². The van der Waals surface area contributed by atoms with E-state index in [1.165, 1.54) is 0 Å². The van der Waals surface area contributed by atoms with Gasteiger partial charge >= 0.3 is 0 Å². The van der Waals surface area contributed by atoms with Crippen LogP contribution >= 0.6 is 23.2 Å². The van der Waals surface area contributed by atoms with Gasteiger partial charge in [-0.2, -0.15) is 0 Å². The van der Waals surface area contributed by atoms with Gasteiger partial charge in [-0.3, -0.25) is 0 Å². The summed E-state index contributed by atoms with van der Waals surface area (Å²) < 4.78 is 5.47. The first-order valence-electron chi connectivity index (χ1n) is 7.19. The monoisotopic (exact) mass is 333 g/mol. The quantitative estimate of drug-likeness (QED) is 0.717. The summed E-state index contributed by atoms with van der Waals surface area (Å²) >= 11 is 11.7. The molecular weight excluding hydrogens is 313 g/mol. The molecule has 3 atom stereocenters. The number of hydrogen-bond acceptors (Lipinski definition) is 4. The van der Waals surface area contributed by atoms with Crippen molar-refractivity contribution in [3.63, 3.8) is 0 Å². The Kier molecular flexibility index (Phi) is 6.58. The molecule has 0 aliphatic heterocycles. The van der Waals surface area contributed by atoms with Crippen LogP contribution in [-0.2, 0) is 0 Å². The minimum atomic E-state index is -0.592. The third-order valence-corrected chi connectivity index (χ3v) is 4.40. The highest BCUT2D eigenvalue weighted by Gasteiger charge is 2.22. The zero-order valence-corrected chi connectivity index (χ0v) is 13.3. The Bertz CT molecular complexity index is 459. The number of halogens is 2. The van der Waals surface area contributed by atoms with Crippen LogP contribution in [0.5, 0.6) is 5.75 Å². The third-order valence-electron chi connectivity index (χ3n) is 3.66. The minimum absolute atomic E-state index is 0.153. The Hall–Kier alpha value is -0.520. The van der Waals surface area contributed by atoms with E-state index in [0.29, 0.717) is 28.3 Å². The second-order valence-electron chi connectivity index (χ2n) is 5.53. The maximum atomic E-state index is 9.86. The molecule has 0 radical (unpaired) electrons. The first-order valence-corrected chi connectivity index (χ1v) is 7.95. The second-order valence-corrected chi connectivity index (χ2v) is 6.35. The van der Waals surface area contributed by atoms with Crippen LogP contribution in [0.3, 0.4) is 0 Å². The normalized spacial score (nSPS) is 23.2. The predicted octanol–water partition coefficient (Wildman–Crippen LogP) is 2.48. The van der Waals surface area contributed by atoms with Crippen LogP contribution in [0.15, 0.2) is 18.2 Å². The summed E-state index contributed by atoms with van der Waals surface area (Å²) in [5.74, 6) is 1.09. The Labute approximate surface area is 135 Å². The molecular formula is C15H21Cl2NO3. The van der Waals surface area contributed by atoms with Crippen LogP contribution in [0.2, 0.25) is 10.0 Å². The number of benzene rings is 1. The molecule has 0 amide bonds. The van der Waals surface area contributed by atoms with Gasteiger partial charge in [-0.25, -0.2) is 0 Å². The fourth-order valence-corrected chi connectivity index (χ4v) is 2.79. The van der Waals surface area contributed by atoms with E-state index in [4.69, 9.17) is 27.9 Å². The van der Waals surface area contributed by atoms with Gasteiger partial charge in [0.05, 0.1) is 16.1 Å². The molecule has 118 valence electrons. The lowest BCUT2D eigenvalue weighted by atomic mass is 10.1. The molecule has 1 aromatic rings. The highest BCUT2D eigenvalue weighted by molar-refractivity contribution is 6.42. The maximum Gasteiger partial charge on any atom is 0.121 e. The van der Waals surface area contributed by atoms with Crippen molar-refractivity contribution in [3.8, 4) is 5.75 Å². The van der Waals surface area contributed by atoms with Crippen LogP contribution in [0.4, 0.5) is 0 Å². The molecule has 21 heavy (non-hydrogen) atoms. The largest absolute Gasteiger partial charge is 0.491 e. The van der Waals surface area contributed by atoms with E-state index < -0.39 is 6.10 Å². The summed E-state index contributed by atoms with van der Waals surface area (Å²) in [4.78, 5) is 0. The van der Waals surface area contributed by atoms with Crippen LogP contribution in [0.25, 0.3) is 0 Å². The SMILES string of the molecule is OC(CNCC1CCC(O)C1)COc1ccc(Cl)c(Cl)c1. The Balaban J connectivity index is 1.63. The highest BCUT2D eigenvalue weighted by Crippen LogP contribution is 2.26. The van der Waals surface area contributed by atoms with Crippen molar-refractivity contribution < 1.29 is 14.9 Å². The van der Waals surface area contributed by atoms with E-state index in [1.807, 2.05) is 0 Å². The zero-order valence-electron chi connectivity index (χ0n) is 11.8. The fraction of sp³-hybridized carbons (Fsp3) is 0.600. The average Bonchev–Trinajstić information content (AvgIpc) is 2.86. The predicted molar refractivity (Wildman–Crippen MR) is 84.2 cm³/mol. The van der Waals surface area contributed by atoms with Crippen molar-refractivity contribution in [2.75, 3.05) is 19.7 Å². The van der Waals surface area contributed by atoms with Crippen LogP contribution < -0.4 is 10.1 Å². The zero-order chi connectivity index (χ0) is 15.2. The molecule has 1 aliphatic carbocycles. The number of aliphatic hydroxyl groups excluding tert-OH is 2. The molecule has 4 nitrogen and oxygen atoms in total. The first-order chi connectivity index (χ1) is 10.0. The molecule has 0 saturated heterocycles. The molecule has 0 bridgehead atoms. The summed E-state index contributed by atoms with van der Waals surface area (Å²) in [6, 6.07) is 5.01. The first kappa shape index (κ1) is 16.8. The van der Waals surface area contributed by atoms with Gasteiger partial charge < -0.3 is 20.3 Å². The second kappa shape index (κ2) is 8.20. The summed E-state index contributed by atoms with van der Waals surface area (Å²) in [6.45, 7) is 1.48. The molecule has 1 aliphatic rings. The standard InChI is InChI=1S/C15H21Cl2NO3/c16-14-4-3-13(6-15(14)17)21-9-12(20)8-18-7-10-1-2-11(19)5-10/h3-4,6,10-12,18-20H,1-2,5,7-9H2. The number of nitrogens with one attached hydrogen (secondary N) is 1. The molecule has 1 saturated carbocycles. The number of rotatable bonds is 7. The van der Waals surface area contributed by atoms with E-state index in [1.54, 1.807) is 18.2 Å². The topological polar surface area (TPSA) is 61.7 Å². The molecule has 0 heterocycles. The van der Waals surface area contributed by atoms with Gasteiger partial charge in [-0.1, -0.05) is 23.2 Å². The van der Waals surface area contributed by atoms with Gasteiger partial charge in [-0.05, 0) is 43.9 Å². The van der Waals surface area contributed by atoms with Crippen molar-refractivity contribution in [1.82, 2.24) is 5.32 Å².